The maximum atomic E-state index is 9.57. The Morgan fingerprint density at radius 1 is 1.50 bits per heavy atom. The van der Waals surface area contributed by atoms with Crippen LogP contribution in [0.15, 0.2) is 12.1 Å². The first-order chi connectivity index (χ1) is 5.77. The van der Waals surface area contributed by atoms with Crippen LogP contribution < -0.4 is 5.73 Å². The summed E-state index contributed by atoms with van der Waals surface area (Å²) in [7, 11) is 0. The summed E-state index contributed by atoms with van der Waals surface area (Å²) in [4.78, 5) is 4.18. The van der Waals surface area contributed by atoms with E-state index in [4.69, 9.17) is 5.73 Å². The fraction of sp³-hybridized carbons (Fsp3) is 0.444. The van der Waals surface area contributed by atoms with Crippen LogP contribution >= 0.6 is 0 Å². The Bertz CT molecular complexity index is 299. The molecule has 64 valence electrons. The third kappa shape index (κ3) is 1.16. The molecule has 0 radical (unpaired) electrons. The lowest BCUT2D eigenvalue weighted by Crippen LogP contribution is -2.11. The van der Waals surface area contributed by atoms with Crippen molar-refractivity contribution in [2.45, 2.75) is 25.4 Å². The lowest BCUT2D eigenvalue weighted by Gasteiger charge is -2.19. The molecule has 0 bridgehead atoms. The highest BCUT2D eigenvalue weighted by atomic mass is 16.3. The van der Waals surface area contributed by atoms with Crippen molar-refractivity contribution in [3.05, 3.63) is 23.4 Å². The van der Waals surface area contributed by atoms with Gasteiger partial charge in [-0.1, -0.05) is 6.07 Å². The number of nitrogens with two attached hydrogens (primary N) is 1. The van der Waals surface area contributed by atoms with Crippen molar-refractivity contribution in [1.29, 1.82) is 0 Å². The molecule has 2 rings (SSSR count). The van der Waals surface area contributed by atoms with E-state index in [0.717, 1.165) is 30.5 Å². The van der Waals surface area contributed by atoms with Gasteiger partial charge in [-0.05, 0) is 25.3 Å². The van der Waals surface area contributed by atoms with Gasteiger partial charge in [-0.25, -0.2) is 4.98 Å². The highest BCUT2D eigenvalue weighted by molar-refractivity contribution is 5.36. The summed E-state index contributed by atoms with van der Waals surface area (Å²) < 4.78 is 0. The van der Waals surface area contributed by atoms with Gasteiger partial charge < -0.3 is 10.8 Å². The summed E-state index contributed by atoms with van der Waals surface area (Å²) in [5, 5.41) is 9.57. The van der Waals surface area contributed by atoms with Crippen molar-refractivity contribution in [3.63, 3.8) is 0 Å². The van der Waals surface area contributed by atoms with E-state index in [9.17, 15) is 5.11 Å². The van der Waals surface area contributed by atoms with Crippen LogP contribution in [0, 0.1) is 0 Å². The topological polar surface area (TPSA) is 59.1 Å². The van der Waals surface area contributed by atoms with E-state index in [1.165, 1.54) is 0 Å². The molecule has 1 aliphatic rings. The molecule has 0 aromatic carbocycles. The fourth-order valence-corrected chi connectivity index (χ4v) is 1.65. The monoisotopic (exact) mass is 164 g/mol. The second-order valence-electron chi connectivity index (χ2n) is 3.18. The average Bonchev–Trinajstić information content (AvgIpc) is 2.04. The first-order valence-electron chi connectivity index (χ1n) is 4.21. The molecule has 3 nitrogen and oxygen atoms in total. The second-order valence-corrected chi connectivity index (χ2v) is 3.18. The van der Waals surface area contributed by atoms with E-state index in [0.29, 0.717) is 5.82 Å². The number of rotatable bonds is 0. The van der Waals surface area contributed by atoms with Crippen molar-refractivity contribution in [2.75, 3.05) is 5.73 Å². The van der Waals surface area contributed by atoms with Gasteiger partial charge in [-0.15, -0.1) is 0 Å². The number of fused-ring (bicyclic) bond motifs is 1. The van der Waals surface area contributed by atoms with Gasteiger partial charge in [0.1, 0.15) is 5.82 Å². The summed E-state index contributed by atoms with van der Waals surface area (Å²) >= 11 is 0. The number of anilines is 1. The highest BCUT2D eigenvalue weighted by Crippen LogP contribution is 2.28. The molecule has 1 aromatic rings. The summed E-state index contributed by atoms with van der Waals surface area (Å²) in [6.07, 6.45) is 2.46. The van der Waals surface area contributed by atoms with E-state index in [1.807, 2.05) is 6.07 Å². The Morgan fingerprint density at radius 2 is 2.33 bits per heavy atom. The zero-order chi connectivity index (χ0) is 8.55. The Labute approximate surface area is 71.2 Å². The third-order valence-corrected chi connectivity index (χ3v) is 2.28. The van der Waals surface area contributed by atoms with E-state index in [1.54, 1.807) is 6.07 Å². The quantitative estimate of drug-likeness (QED) is 0.602. The zero-order valence-corrected chi connectivity index (χ0v) is 6.83. The molecule has 12 heavy (non-hydrogen) atoms. The molecule has 1 heterocycles. The molecule has 0 saturated carbocycles. The van der Waals surface area contributed by atoms with Gasteiger partial charge >= 0.3 is 0 Å². The largest absolute Gasteiger partial charge is 0.388 e. The number of aliphatic hydroxyl groups excluding tert-OH is 1. The van der Waals surface area contributed by atoms with Crippen LogP contribution in [0.4, 0.5) is 5.82 Å². The molecule has 0 saturated heterocycles. The number of nitrogen functional groups attached to an aromatic ring is 1. The smallest absolute Gasteiger partial charge is 0.123 e. The molecule has 0 aliphatic heterocycles. The second kappa shape index (κ2) is 2.75. The van der Waals surface area contributed by atoms with Crippen LogP contribution in [0.2, 0.25) is 0 Å². The van der Waals surface area contributed by atoms with Crippen LogP contribution in [0.5, 0.6) is 0 Å². The normalized spacial score (nSPS) is 21.9. The van der Waals surface area contributed by atoms with Crippen LogP contribution in [0.25, 0.3) is 0 Å². The predicted molar refractivity (Wildman–Crippen MR) is 46.5 cm³/mol. The van der Waals surface area contributed by atoms with Gasteiger partial charge in [-0.2, -0.15) is 0 Å². The standard InChI is InChI=1S/C9H12N2O/c10-9-5-4-6-7(11-9)2-1-3-8(6)12/h4-5,8,12H,1-3H2,(H2,10,11). The molecule has 1 atom stereocenters. The molecule has 1 unspecified atom stereocenters. The molecule has 3 N–H and O–H groups in total. The molecular formula is C9H12N2O. The minimum Gasteiger partial charge on any atom is -0.388 e. The van der Waals surface area contributed by atoms with Gasteiger partial charge in [0.15, 0.2) is 0 Å². The summed E-state index contributed by atoms with van der Waals surface area (Å²) in [5.74, 6) is 0.544. The predicted octanol–water partition coefficient (Wildman–Crippen LogP) is 1.03. The Hall–Kier alpha value is -1.09. The third-order valence-electron chi connectivity index (χ3n) is 2.28. The number of nitrogens with zero attached hydrogens (tertiary/aromatic N) is 1. The molecule has 1 aromatic heterocycles. The minimum atomic E-state index is -0.332. The molecule has 0 spiro atoms. The first kappa shape index (κ1) is 7.55. The van der Waals surface area contributed by atoms with Crippen LogP contribution in [0.1, 0.15) is 30.2 Å². The zero-order valence-electron chi connectivity index (χ0n) is 6.83. The van der Waals surface area contributed by atoms with Gasteiger partial charge in [0.05, 0.1) is 6.10 Å². The Balaban J connectivity index is 2.46. The van der Waals surface area contributed by atoms with Crippen LogP contribution in [-0.2, 0) is 6.42 Å². The number of hydrogen-bond acceptors (Lipinski definition) is 3. The van der Waals surface area contributed by atoms with Gasteiger partial charge in [0.2, 0.25) is 0 Å². The van der Waals surface area contributed by atoms with Gasteiger partial charge in [0, 0.05) is 11.3 Å². The highest BCUT2D eigenvalue weighted by Gasteiger charge is 2.18. The summed E-state index contributed by atoms with van der Waals surface area (Å²) in [5.41, 5.74) is 7.46. The molecule has 0 amide bonds. The van der Waals surface area contributed by atoms with Gasteiger partial charge in [0.25, 0.3) is 0 Å². The number of hydrogen-bond donors (Lipinski definition) is 2. The fourth-order valence-electron chi connectivity index (χ4n) is 1.65. The number of aromatic nitrogens is 1. The summed E-state index contributed by atoms with van der Waals surface area (Å²) in [6, 6.07) is 3.62. The van der Waals surface area contributed by atoms with Crippen molar-refractivity contribution in [3.8, 4) is 0 Å². The minimum absolute atomic E-state index is 0.332. The first-order valence-corrected chi connectivity index (χ1v) is 4.21. The van der Waals surface area contributed by atoms with Crippen molar-refractivity contribution in [1.82, 2.24) is 4.98 Å². The molecule has 1 aliphatic carbocycles. The van der Waals surface area contributed by atoms with E-state index >= 15 is 0 Å². The number of aliphatic hydroxyl groups is 1. The molecule has 0 fully saturated rings. The van der Waals surface area contributed by atoms with E-state index in [2.05, 4.69) is 4.98 Å². The van der Waals surface area contributed by atoms with Crippen LogP contribution in [-0.4, -0.2) is 10.1 Å². The SMILES string of the molecule is Nc1ccc2c(n1)CCCC2O. The number of pyridine rings is 1. The Morgan fingerprint density at radius 3 is 3.17 bits per heavy atom. The van der Waals surface area contributed by atoms with E-state index in [-0.39, 0.29) is 6.10 Å². The average molecular weight is 164 g/mol. The summed E-state index contributed by atoms with van der Waals surface area (Å²) in [6.45, 7) is 0. The Kier molecular flexibility index (Phi) is 1.73. The lowest BCUT2D eigenvalue weighted by atomic mass is 9.93. The van der Waals surface area contributed by atoms with Crippen LogP contribution in [0.3, 0.4) is 0 Å². The van der Waals surface area contributed by atoms with Crippen molar-refractivity contribution >= 4 is 5.82 Å². The number of aryl methyl sites for hydroxylation is 1. The van der Waals surface area contributed by atoms with Crippen molar-refractivity contribution in [2.24, 2.45) is 0 Å². The van der Waals surface area contributed by atoms with Gasteiger partial charge in [-0.3, -0.25) is 0 Å². The lowest BCUT2D eigenvalue weighted by molar-refractivity contribution is 0.155. The van der Waals surface area contributed by atoms with E-state index < -0.39 is 0 Å². The van der Waals surface area contributed by atoms with Crippen molar-refractivity contribution < 1.29 is 5.11 Å². The maximum absolute atomic E-state index is 9.57. The maximum Gasteiger partial charge on any atom is 0.123 e. The molecule has 3 heteroatoms. The molecular weight excluding hydrogens is 152 g/mol.